The summed E-state index contributed by atoms with van der Waals surface area (Å²) in [5, 5.41) is 0. The Bertz CT molecular complexity index is 254. The highest BCUT2D eigenvalue weighted by Crippen LogP contribution is 2.40. The Labute approximate surface area is 66.9 Å². The highest BCUT2D eigenvalue weighted by atomic mass is 32.2. The van der Waals surface area contributed by atoms with Crippen LogP contribution in [0, 0.1) is 5.92 Å². The maximum atomic E-state index is 10.8. The van der Waals surface area contributed by atoms with Gasteiger partial charge in [0.15, 0.2) is 9.84 Å². The van der Waals surface area contributed by atoms with E-state index in [0.717, 1.165) is 19.3 Å². The second-order valence-corrected chi connectivity index (χ2v) is 6.16. The second kappa shape index (κ2) is 1.98. The average Bonchev–Trinajstić information content (AvgIpc) is 2.42. The van der Waals surface area contributed by atoms with Gasteiger partial charge >= 0.3 is 0 Å². The highest BCUT2D eigenvalue weighted by molar-refractivity contribution is 7.92. The van der Waals surface area contributed by atoms with Crippen molar-refractivity contribution in [3.63, 3.8) is 0 Å². The molecule has 0 atom stereocenters. The van der Waals surface area contributed by atoms with Crippen LogP contribution in [0.15, 0.2) is 0 Å². The molecule has 2 fully saturated rings. The van der Waals surface area contributed by atoms with Gasteiger partial charge in [-0.25, -0.2) is 8.42 Å². The quantitative estimate of drug-likeness (QED) is 0.638. The molecule has 0 aromatic heterocycles. The minimum atomic E-state index is -2.63. The second-order valence-electron chi connectivity index (χ2n) is 4.01. The fraction of sp³-hybridized carbons (Fsp3) is 1.00. The minimum absolute atomic E-state index is 0.0284. The summed E-state index contributed by atoms with van der Waals surface area (Å²) in [7, 11) is -2.63. The Kier molecular flexibility index (Phi) is 1.36. The number of sulfone groups is 1. The number of rotatable bonds is 2. The van der Waals surface area contributed by atoms with E-state index in [1.165, 1.54) is 0 Å². The summed E-state index contributed by atoms with van der Waals surface area (Å²) in [6, 6.07) is 0. The lowest BCUT2D eigenvalue weighted by Gasteiger charge is -2.27. The third-order valence-electron chi connectivity index (χ3n) is 2.57. The van der Waals surface area contributed by atoms with E-state index in [1.807, 2.05) is 0 Å². The maximum absolute atomic E-state index is 10.8. The molecule has 1 heterocycles. The fourth-order valence-electron chi connectivity index (χ4n) is 1.73. The molecule has 3 nitrogen and oxygen atoms in total. The van der Waals surface area contributed by atoms with Gasteiger partial charge in [0.2, 0.25) is 0 Å². The molecule has 0 aromatic carbocycles. The van der Waals surface area contributed by atoms with Gasteiger partial charge in [0, 0.05) is 5.54 Å². The lowest BCUT2D eigenvalue weighted by atomic mass is 10.0. The third-order valence-corrected chi connectivity index (χ3v) is 4.53. The van der Waals surface area contributed by atoms with Crippen LogP contribution in [0.4, 0.5) is 0 Å². The van der Waals surface area contributed by atoms with Gasteiger partial charge in [0.1, 0.15) is 0 Å². The summed E-state index contributed by atoms with van der Waals surface area (Å²) in [4.78, 5) is 0. The topological polar surface area (TPSA) is 60.2 Å². The van der Waals surface area contributed by atoms with Crippen molar-refractivity contribution < 1.29 is 8.42 Å². The van der Waals surface area contributed by atoms with Crippen LogP contribution in [-0.2, 0) is 9.84 Å². The van der Waals surface area contributed by atoms with Crippen molar-refractivity contribution in [3.05, 3.63) is 0 Å². The smallest absolute Gasteiger partial charge is 0.150 e. The molecule has 1 aliphatic carbocycles. The molecule has 11 heavy (non-hydrogen) atoms. The van der Waals surface area contributed by atoms with Gasteiger partial charge in [-0.3, -0.25) is 0 Å². The van der Waals surface area contributed by atoms with E-state index < -0.39 is 9.84 Å². The molecule has 4 heteroatoms. The number of hydrogen-bond acceptors (Lipinski definition) is 3. The van der Waals surface area contributed by atoms with E-state index in [9.17, 15) is 8.42 Å². The Morgan fingerprint density at radius 1 is 1.36 bits per heavy atom. The average molecular weight is 175 g/mol. The Morgan fingerprint density at radius 2 is 1.91 bits per heavy atom. The first-order chi connectivity index (χ1) is 4.99. The van der Waals surface area contributed by atoms with Crippen molar-refractivity contribution in [2.24, 2.45) is 11.7 Å². The molecule has 0 spiro atoms. The molecule has 0 unspecified atom stereocenters. The van der Waals surface area contributed by atoms with Gasteiger partial charge in [0.25, 0.3) is 0 Å². The largest absolute Gasteiger partial charge is 0.325 e. The van der Waals surface area contributed by atoms with E-state index in [0.29, 0.717) is 17.4 Å². The zero-order valence-electron chi connectivity index (χ0n) is 6.41. The van der Waals surface area contributed by atoms with Crippen molar-refractivity contribution in [1.82, 2.24) is 0 Å². The predicted molar refractivity (Wildman–Crippen MR) is 42.9 cm³/mol. The summed E-state index contributed by atoms with van der Waals surface area (Å²) < 4.78 is 21.5. The molecule has 0 amide bonds. The SMILES string of the molecule is NC1(CC2CS(=O)(=O)C2)CC1. The van der Waals surface area contributed by atoms with Gasteiger partial charge in [-0.15, -0.1) is 0 Å². The summed E-state index contributed by atoms with van der Waals surface area (Å²) in [6.07, 6.45) is 3.10. The minimum Gasteiger partial charge on any atom is -0.325 e. The van der Waals surface area contributed by atoms with Crippen LogP contribution in [0.2, 0.25) is 0 Å². The van der Waals surface area contributed by atoms with Crippen LogP contribution in [0.3, 0.4) is 0 Å². The van der Waals surface area contributed by atoms with Crippen LogP contribution >= 0.6 is 0 Å². The monoisotopic (exact) mass is 175 g/mol. The van der Waals surface area contributed by atoms with Crippen molar-refractivity contribution >= 4 is 9.84 Å². The molecular formula is C7H13NO2S. The molecule has 2 aliphatic rings. The molecule has 1 aliphatic heterocycles. The van der Waals surface area contributed by atoms with Crippen LogP contribution < -0.4 is 5.73 Å². The highest BCUT2D eigenvalue weighted by Gasteiger charge is 2.44. The number of hydrogen-bond donors (Lipinski definition) is 1. The summed E-state index contributed by atoms with van der Waals surface area (Å²) in [6.45, 7) is 0. The lowest BCUT2D eigenvalue weighted by molar-refractivity contribution is 0.445. The van der Waals surface area contributed by atoms with Crippen LogP contribution in [0.25, 0.3) is 0 Å². The molecule has 0 radical (unpaired) electrons. The van der Waals surface area contributed by atoms with Crippen LogP contribution in [-0.4, -0.2) is 25.5 Å². The van der Waals surface area contributed by atoms with Crippen molar-refractivity contribution in [2.75, 3.05) is 11.5 Å². The first kappa shape index (κ1) is 7.55. The van der Waals surface area contributed by atoms with Crippen molar-refractivity contribution in [1.29, 1.82) is 0 Å². The van der Waals surface area contributed by atoms with Crippen molar-refractivity contribution in [3.8, 4) is 0 Å². The molecule has 0 bridgehead atoms. The molecule has 1 saturated heterocycles. The summed E-state index contributed by atoms with van der Waals surface area (Å²) in [5.41, 5.74) is 5.88. The van der Waals surface area contributed by atoms with Crippen molar-refractivity contribution in [2.45, 2.75) is 24.8 Å². The molecular weight excluding hydrogens is 162 g/mol. The van der Waals surface area contributed by atoms with E-state index in [1.54, 1.807) is 0 Å². The predicted octanol–water partition coefficient (Wildman–Crippen LogP) is -0.0876. The molecule has 1 saturated carbocycles. The molecule has 64 valence electrons. The van der Waals surface area contributed by atoms with Gasteiger partial charge in [-0.2, -0.15) is 0 Å². The van der Waals surface area contributed by atoms with E-state index >= 15 is 0 Å². The lowest BCUT2D eigenvalue weighted by Crippen LogP contribution is -2.40. The molecule has 2 rings (SSSR count). The van der Waals surface area contributed by atoms with Crippen LogP contribution in [0.1, 0.15) is 19.3 Å². The first-order valence-electron chi connectivity index (χ1n) is 3.98. The van der Waals surface area contributed by atoms with Gasteiger partial charge in [-0.05, 0) is 25.2 Å². The Balaban J connectivity index is 1.84. The summed E-state index contributed by atoms with van der Waals surface area (Å²) >= 11 is 0. The summed E-state index contributed by atoms with van der Waals surface area (Å²) in [5.74, 6) is 1.13. The number of nitrogens with two attached hydrogens (primary N) is 1. The normalized spacial score (nSPS) is 32.8. The Hall–Kier alpha value is -0.0900. The zero-order chi connectivity index (χ0) is 8.11. The Morgan fingerprint density at radius 3 is 2.27 bits per heavy atom. The van der Waals surface area contributed by atoms with E-state index in [-0.39, 0.29) is 5.54 Å². The van der Waals surface area contributed by atoms with Crippen LogP contribution in [0.5, 0.6) is 0 Å². The van der Waals surface area contributed by atoms with E-state index in [2.05, 4.69) is 0 Å². The van der Waals surface area contributed by atoms with Gasteiger partial charge < -0.3 is 5.73 Å². The molecule has 2 N–H and O–H groups in total. The standard InChI is InChI=1S/C7H13NO2S/c8-7(1-2-7)3-6-4-11(9,10)5-6/h6H,1-5,8H2. The van der Waals surface area contributed by atoms with Gasteiger partial charge in [-0.1, -0.05) is 0 Å². The fourth-order valence-corrected chi connectivity index (χ4v) is 3.30. The van der Waals surface area contributed by atoms with Gasteiger partial charge in [0.05, 0.1) is 11.5 Å². The zero-order valence-corrected chi connectivity index (χ0v) is 7.23. The first-order valence-corrected chi connectivity index (χ1v) is 5.81. The van der Waals surface area contributed by atoms with E-state index in [4.69, 9.17) is 5.73 Å². The third kappa shape index (κ3) is 1.56. The maximum Gasteiger partial charge on any atom is 0.150 e. The molecule has 0 aromatic rings.